The first-order valence-corrected chi connectivity index (χ1v) is 4.24. The van der Waals surface area contributed by atoms with Crippen LogP contribution in [0, 0.1) is 0 Å². The second-order valence-corrected chi connectivity index (χ2v) is 2.57. The van der Waals surface area contributed by atoms with Gasteiger partial charge in [0, 0.05) is 6.61 Å². The lowest BCUT2D eigenvalue weighted by molar-refractivity contribution is -0.240. The van der Waals surface area contributed by atoms with Crippen molar-refractivity contribution in [2.24, 2.45) is 5.73 Å². The molecule has 0 aliphatic heterocycles. The molecule has 0 aliphatic rings. The summed E-state index contributed by atoms with van der Waals surface area (Å²) >= 11 is 0. The third kappa shape index (κ3) is 6.54. The van der Waals surface area contributed by atoms with Gasteiger partial charge in [0.15, 0.2) is 12.6 Å². The predicted octanol–water partition coefficient (Wildman–Crippen LogP) is 1.05. The van der Waals surface area contributed by atoms with Gasteiger partial charge in [0.2, 0.25) is 0 Å². The van der Waals surface area contributed by atoms with Crippen molar-refractivity contribution in [1.29, 1.82) is 0 Å². The molecule has 0 aliphatic carbocycles. The van der Waals surface area contributed by atoms with Gasteiger partial charge in [-0.25, -0.2) is 0 Å². The average molecular weight is 177 g/mol. The van der Waals surface area contributed by atoms with E-state index in [4.69, 9.17) is 19.9 Å². The van der Waals surface area contributed by atoms with Crippen LogP contribution >= 0.6 is 0 Å². The van der Waals surface area contributed by atoms with Crippen molar-refractivity contribution >= 4 is 0 Å². The van der Waals surface area contributed by atoms with Crippen LogP contribution in [0.4, 0.5) is 0 Å². The Morgan fingerprint density at radius 3 is 2.08 bits per heavy atom. The quantitative estimate of drug-likeness (QED) is 0.616. The third-order valence-corrected chi connectivity index (χ3v) is 1.19. The van der Waals surface area contributed by atoms with Crippen molar-refractivity contribution in [1.82, 2.24) is 0 Å². The van der Waals surface area contributed by atoms with Crippen LogP contribution in [-0.4, -0.2) is 25.4 Å². The molecule has 0 aromatic rings. The maximum atomic E-state index is 5.40. The molecule has 0 fully saturated rings. The van der Waals surface area contributed by atoms with E-state index in [1.807, 2.05) is 13.8 Å². The molecule has 0 rings (SSSR count). The normalized spacial score (nSPS) is 18.8. The Morgan fingerprint density at radius 2 is 1.67 bits per heavy atom. The molecular formula is C8H19NO3. The van der Waals surface area contributed by atoms with Crippen LogP contribution in [0.1, 0.15) is 27.7 Å². The smallest absolute Gasteiger partial charge is 0.160 e. The Balaban J connectivity index is 3.46. The average Bonchev–Trinajstić information content (AvgIpc) is 1.84. The molecule has 2 N–H and O–H groups in total. The summed E-state index contributed by atoms with van der Waals surface area (Å²) in [6.45, 7) is 7.91. The molecule has 4 heteroatoms. The summed E-state index contributed by atoms with van der Waals surface area (Å²) in [5, 5.41) is 0. The summed E-state index contributed by atoms with van der Waals surface area (Å²) in [7, 11) is 0. The van der Waals surface area contributed by atoms with Crippen molar-refractivity contribution in [3.8, 4) is 0 Å². The Hall–Kier alpha value is -0.160. The van der Waals surface area contributed by atoms with Gasteiger partial charge in [-0.1, -0.05) is 0 Å². The fourth-order valence-electron chi connectivity index (χ4n) is 0.878. The van der Waals surface area contributed by atoms with Gasteiger partial charge in [-0.15, -0.1) is 0 Å². The second kappa shape index (κ2) is 6.37. The number of nitrogens with two attached hydrogens (primary N) is 1. The minimum absolute atomic E-state index is 0.247. The van der Waals surface area contributed by atoms with Crippen molar-refractivity contribution in [2.45, 2.75) is 46.5 Å². The van der Waals surface area contributed by atoms with Crippen molar-refractivity contribution in [3.05, 3.63) is 0 Å². The molecule has 0 bridgehead atoms. The Labute approximate surface area is 74.0 Å². The minimum atomic E-state index is -0.327. The van der Waals surface area contributed by atoms with Gasteiger partial charge in [-0.05, 0) is 27.7 Å². The molecule has 0 spiro atoms. The molecule has 0 aromatic heterocycles. The van der Waals surface area contributed by atoms with E-state index < -0.39 is 0 Å². The van der Waals surface area contributed by atoms with E-state index in [2.05, 4.69) is 0 Å². The second-order valence-electron chi connectivity index (χ2n) is 2.57. The van der Waals surface area contributed by atoms with Crippen LogP contribution in [0.25, 0.3) is 0 Å². The molecule has 3 unspecified atom stereocenters. The van der Waals surface area contributed by atoms with Gasteiger partial charge < -0.3 is 19.9 Å². The van der Waals surface area contributed by atoms with E-state index >= 15 is 0 Å². The SMILES string of the molecule is CCOC(C)OC(C)OC(C)N. The zero-order valence-electron chi connectivity index (χ0n) is 8.24. The molecule has 4 nitrogen and oxygen atoms in total. The highest BCUT2D eigenvalue weighted by Crippen LogP contribution is 2.02. The van der Waals surface area contributed by atoms with Crippen molar-refractivity contribution in [3.63, 3.8) is 0 Å². The molecular weight excluding hydrogens is 158 g/mol. The number of rotatable bonds is 6. The monoisotopic (exact) mass is 177 g/mol. The molecule has 0 heterocycles. The number of hydrogen-bond acceptors (Lipinski definition) is 4. The van der Waals surface area contributed by atoms with E-state index in [0.29, 0.717) is 6.61 Å². The van der Waals surface area contributed by atoms with Crippen LogP contribution in [0.3, 0.4) is 0 Å². The maximum absolute atomic E-state index is 5.40. The minimum Gasteiger partial charge on any atom is -0.353 e. The molecule has 3 atom stereocenters. The van der Waals surface area contributed by atoms with Gasteiger partial charge in [-0.2, -0.15) is 0 Å². The number of hydrogen-bond donors (Lipinski definition) is 1. The lowest BCUT2D eigenvalue weighted by Gasteiger charge is -2.20. The summed E-state index contributed by atoms with van der Waals surface area (Å²) in [4.78, 5) is 0. The highest BCUT2D eigenvalue weighted by Gasteiger charge is 2.09. The Bertz CT molecular complexity index is 108. The first-order valence-electron chi connectivity index (χ1n) is 4.24. The summed E-state index contributed by atoms with van der Waals surface area (Å²) in [6.07, 6.45) is -0.885. The first kappa shape index (κ1) is 11.8. The fourth-order valence-corrected chi connectivity index (χ4v) is 0.878. The predicted molar refractivity (Wildman–Crippen MR) is 46.4 cm³/mol. The van der Waals surface area contributed by atoms with Crippen LogP contribution in [0.15, 0.2) is 0 Å². The van der Waals surface area contributed by atoms with Crippen molar-refractivity contribution < 1.29 is 14.2 Å². The van der Waals surface area contributed by atoms with E-state index in [0.717, 1.165) is 0 Å². The topological polar surface area (TPSA) is 53.7 Å². The van der Waals surface area contributed by atoms with Gasteiger partial charge in [0.05, 0.1) is 0 Å². The van der Waals surface area contributed by atoms with Crippen LogP contribution in [-0.2, 0) is 14.2 Å². The number of ether oxygens (including phenoxy) is 3. The summed E-state index contributed by atoms with van der Waals surface area (Å²) in [6, 6.07) is 0. The first-order chi connectivity index (χ1) is 5.56. The van der Waals surface area contributed by atoms with Gasteiger partial charge in [0.1, 0.15) is 6.23 Å². The molecule has 74 valence electrons. The van der Waals surface area contributed by atoms with E-state index in [1.54, 1.807) is 13.8 Å². The standard InChI is InChI=1S/C8H19NO3/c1-5-10-7(3)12-8(4)11-6(2)9/h6-8H,5,9H2,1-4H3. The highest BCUT2D eigenvalue weighted by atomic mass is 16.8. The molecule has 0 saturated carbocycles. The van der Waals surface area contributed by atoms with Gasteiger partial charge >= 0.3 is 0 Å². The molecule has 0 aromatic carbocycles. The van der Waals surface area contributed by atoms with Crippen LogP contribution in [0.2, 0.25) is 0 Å². The fraction of sp³-hybridized carbons (Fsp3) is 1.00. The molecule has 0 amide bonds. The maximum Gasteiger partial charge on any atom is 0.160 e. The molecule has 0 radical (unpaired) electrons. The largest absolute Gasteiger partial charge is 0.353 e. The van der Waals surface area contributed by atoms with Crippen molar-refractivity contribution in [2.75, 3.05) is 6.61 Å². The summed E-state index contributed by atoms with van der Waals surface area (Å²) in [5.41, 5.74) is 5.40. The zero-order valence-corrected chi connectivity index (χ0v) is 8.24. The summed E-state index contributed by atoms with van der Waals surface area (Å²) < 4.78 is 15.6. The zero-order chi connectivity index (χ0) is 9.56. The third-order valence-electron chi connectivity index (χ3n) is 1.19. The lowest BCUT2D eigenvalue weighted by Crippen LogP contribution is -2.29. The highest BCUT2D eigenvalue weighted by molar-refractivity contribution is 4.39. The molecule has 0 saturated heterocycles. The lowest BCUT2D eigenvalue weighted by atomic mass is 10.6. The Kier molecular flexibility index (Phi) is 6.28. The van der Waals surface area contributed by atoms with E-state index in [1.165, 1.54) is 0 Å². The van der Waals surface area contributed by atoms with Crippen LogP contribution in [0.5, 0.6) is 0 Å². The van der Waals surface area contributed by atoms with Gasteiger partial charge in [-0.3, -0.25) is 0 Å². The van der Waals surface area contributed by atoms with Crippen LogP contribution < -0.4 is 5.73 Å². The van der Waals surface area contributed by atoms with Gasteiger partial charge in [0.25, 0.3) is 0 Å². The Morgan fingerprint density at radius 1 is 1.08 bits per heavy atom. The van der Waals surface area contributed by atoms with E-state index in [9.17, 15) is 0 Å². The molecule has 12 heavy (non-hydrogen) atoms. The van der Waals surface area contributed by atoms with E-state index in [-0.39, 0.29) is 18.8 Å². The summed E-state index contributed by atoms with van der Waals surface area (Å²) in [5.74, 6) is 0.